The second kappa shape index (κ2) is 7.12. The van der Waals surface area contributed by atoms with E-state index in [0.29, 0.717) is 12.1 Å². The van der Waals surface area contributed by atoms with Gasteiger partial charge in [-0.05, 0) is 89.4 Å². The van der Waals surface area contributed by atoms with Gasteiger partial charge in [-0.1, -0.05) is 0 Å². The highest BCUT2D eigenvalue weighted by atomic mass is 16.5. The van der Waals surface area contributed by atoms with Gasteiger partial charge >= 0.3 is 0 Å². The molecule has 4 nitrogen and oxygen atoms in total. The van der Waals surface area contributed by atoms with Crippen molar-refractivity contribution >= 4 is 11.5 Å². The highest BCUT2D eigenvalue weighted by molar-refractivity contribution is 5.99. The number of piperidine rings is 1. The predicted molar refractivity (Wildman–Crippen MR) is 109 cm³/mol. The van der Waals surface area contributed by atoms with Gasteiger partial charge in [0, 0.05) is 30.5 Å². The van der Waals surface area contributed by atoms with E-state index in [1.54, 1.807) is 0 Å². The van der Waals surface area contributed by atoms with Crippen molar-refractivity contribution in [3.05, 3.63) is 23.3 Å². The van der Waals surface area contributed by atoms with Gasteiger partial charge in [0.15, 0.2) is 5.78 Å². The molecular weight excluding hydrogens is 336 g/mol. The molecule has 0 amide bonds. The van der Waals surface area contributed by atoms with Crippen molar-refractivity contribution in [2.24, 2.45) is 17.8 Å². The second-order valence-electron chi connectivity index (χ2n) is 9.77. The number of Topliss-reactive ketones (excluding diaryl/α,β-unsaturated/α-hetero) is 1. The summed E-state index contributed by atoms with van der Waals surface area (Å²) in [6, 6.07) is 3.73. The maximum absolute atomic E-state index is 12.9. The monoisotopic (exact) mass is 370 g/mol. The summed E-state index contributed by atoms with van der Waals surface area (Å²) in [6.45, 7) is 6.63. The van der Waals surface area contributed by atoms with Crippen LogP contribution in [0.3, 0.4) is 0 Å². The molecule has 1 saturated carbocycles. The maximum atomic E-state index is 12.9. The lowest BCUT2D eigenvalue weighted by molar-refractivity contribution is 0.0977. The van der Waals surface area contributed by atoms with Crippen molar-refractivity contribution in [1.29, 1.82) is 0 Å². The first-order valence-corrected chi connectivity index (χ1v) is 10.6. The first-order valence-electron chi connectivity index (χ1n) is 10.6. The Kier molecular flexibility index (Phi) is 4.96. The summed E-state index contributed by atoms with van der Waals surface area (Å²) in [5.41, 5.74) is 8.28. The Balaban J connectivity index is 1.33. The summed E-state index contributed by atoms with van der Waals surface area (Å²) in [7, 11) is 2.25. The minimum atomic E-state index is -0.278. The average Bonchev–Trinajstić information content (AvgIpc) is 3.14. The van der Waals surface area contributed by atoms with Crippen LogP contribution in [0.5, 0.6) is 5.75 Å². The van der Waals surface area contributed by atoms with Gasteiger partial charge in [0.2, 0.25) is 0 Å². The third kappa shape index (κ3) is 3.87. The van der Waals surface area contributed by atoms with Crippen molar-refractivity contribution in [3.8, 4) is 5.75 Å². The Morgan fingerprint density at radius 2 is 2.07 bits per heavy atom. The number of carbonyl (C=O) groups excluding carboxylic acids is 1. The molecule has 0 radical (unpaired) electrons. The lowest BCUT2D eigenvalue weighted by atomic mass is 9.89. The largest absolute Gasteiger partial charge is 0.485 e. The zero-order valence-corrected chi connectivity index (χ0v) is 17.1. The fraction of sp³-hybridized carbons (Fsp3) is 0.696. The number of anilines is 1. The van der Waals surface area contributed by atoms with Gasteiger partial charge in [0.05, 0.1) is 5.69 Å². The summed E-state index contributed by atoms with van der Waals surface area (Å²) in [5, 5.41) is 0. The van der Waals surface area contributed by atoms with E-state index in [9.17, 15) is 4.79 Å². The van der Waals surface area contributed by atoms with Crippen LogP contribution < -0.4 is 10.5 Å². The van der Waals surface area contributed by atoms with Crippen LogP contribution >= 0.6 is 0 Å². The number of carbonyl (C=O) groups is 1. The Morgan fingerprint density at radius 3 is 2.89 bits per heavy atom. The van der Waals surface area contributed by atoms with Gasteiger partial charge < -0.3 is 15.4 Å². The summed E-state index contributed by atoms with van der Waals surface area (Å²) in [6.07, 6.45) is 7.71. The highest BCUT2D eigenvalue weighted by Crippen LogP contribution is 2.44. The third-order valence-electron chi connectivity index (χ3n) is 6.96. The lowest BCUT2D eigenvalue weighted by Gasteiger charge is -2.32. The number of benzene rings is 1. The SMILES string of the molecule is CN1CCC2CC(CCCC(=O)c3ccc(N)c4c3CC(C)(C)O4)CC2C1. The lowest BCUT2D eigenvalue weighted by Crippen LogP contribution is -2.35. The van der Waals surface area contributed by atoms with Crippen LogP contribution in [0.2, 0.25) is 0 Å². The Hall–Kier alpha value is -1.55. The molecule has 0 bridgehead atoms. The number of likely N-dealkylation sites (tertiary alicyclic amines) is 1. The number of nitrogens with two attached hydrogens (primary N) is 1. The molecular formula is C23H34N2O2. The van der Waals surface area contributed by atoms with Crippen molar-refractivity contribution in [2.45, 2.75) is 64.4 Å². The van der Waals surface area contributed by atoms with Crippen LogP contribution in [-0.4, -0.2) is 36.4 Å². The number of hydrogen-bond donors (Lipinski definition) is 1. The number of ketones is 1. The molecule has 27 heavy (non-hydrogen) atoms. The molecule has 1 saturated heterocycles. The summed E-state index contributed by atoms with van der Waals surface area (Å²) in [5.74, 6) is 3.63. The first kappa shape index (κ1) is 18.8. The van der Waals surface area contributed by atoms with E-state index in [-0.39, 0.29) is 11.4 Å². The van der Waals surface area contributed by atoms with Crippen LogP contribution in [-0.2, 0) is 6.42 Å². The van der Waals surface area contributed by atoms with Gasteiger partial charge in [-0.15, -0.1) is 0 Å². The van der Waals surface area contributed by atoms with Gasteiger partial charge in [-0.2, -0.15) is 0 Å². The number of hydrogen-bond acceptors (Lipinski definition) is 4. The normalized spacial score (nSPS) is 29.2. The molecule has 0 aromatic heterocycles. The van der Waals surface area contributed by atoms with E-state index in [2.05, 4.69) is 25.8 Å². The highest BCUT2D eigenvalue weighted by Gasteiger charge is 2.37. The number of ether oxygens (including phenoxy) is 1. The molecule has 4 heteroatoms. The fourth-order valence-electron chi connectivity index (χ4n) is 5.66. The van der Waals surface area contributed by atoms with E-state index < -0.39 is 0 Å². The van der Waals surface area contributed by atoms with E-state index in [0.717, 1.165) is 47.5 Å². The molecule has 2 fully saturated rings. The van der Waals surface area contributed by atoms with Crippen LogP contribution in [0, 0.1) is 17.8 Å². The summed E-state index contributed by atoms with van der Waals surface area (Å²) < 4.78 is 5.98. The molecule has 1 aromatic carbocycles. The maximum Gasteiger partial charge on any atom is 0.163 e. The predicted octanol–water partition coefficient (Wildman–Crippen LogP) is 4.31. The van der Waals surface area contributed by atoms with Crippen LogP contribution in [0.15, 0.2) is 12.1 Å². The van der Waals surface area contributed by atoms with Crippen LogP contribution in [0.1, 0.15) is 68.3 Å². The van der Waals surface area contributed by atoms with Crippen molar-refractivity contribution in [1.82, 2.24) is 4.90 Å². The van der Waals surface area contributed by atoms with Gasteiger partial charge in [-0.3, -0.25) is 4.79 Å². The molecule has 3 aliphatic rings. The molecule has 1 aromatic rings. The van der Waals surface area contributed by atoms with Crippen molar-refractivity contribution in [2.75, 3.05) is 25.9 Å². The smallest absolute Gasteiger partial charge is 0.163 e. The summed E-state index contributed by atoms with van der Waals surface area (Å²) >= 11 is 0. The van der Waals surface area contributed by atoms with E-state index in [4.69, 9.17) is 10.5 Å². The number of rotatable bonds is 5. The van der Waals surface area contributed by atoms with Gasteiger partial charge in [0.1, 0.15) is 11.4 Å². The Bertz CT molecular complexity index is 727. The third-order valence-corrected chi connectivity index (χ3v) is 6.96. The molecule has 4 rings (SSSR count). The Labute approximate surface area is 163 Å². The van der Waals surface area contributed by atoms with Gasteiger partial charge in [-0.25, -0.2) is 0 Å². The summed E-state index contributed by atoms with van der Waals surface area (Å²) in [4.78, 5) is 15.4. The first-order chi connectivity index (χ1) is 12.8. The zero-order chi connectivity index (χ0) is 19.2. The molecule has 0 spiro atoms. The topological polar surface area (TPSA) is 55.6 Å². The molecule has 148 valence electrons. The van der Waals surface area contributed by atoms with E-state index >= 15 is 0 Å². The van der Waals surface area contributed by atoms with E-state index in [1.807, 2.05) is 12.1 Å². The van der Waals surface area contributed by atoms with E-state index in [1.165, 1.54) is 38.8 Å². The molecule has 3 unspecified atom stereocenters. The second-order valence-corrected chi connectivity index (χ2v) is 9.77. The number of nitrogen functional groups attached to an aromatic ring is 1. The standard InChI is InChI=1S/C23H34N2O2/c1-23(2)13-19-18(7-8-20(24)22(19)27-23)21(26)6-4-5-15-11-16-9-10-25(3)14-17(16)12-15/h7-8,15-17H,4-6,9-14,24H2,1-3H3. The van der Waals surface area contributed by atoms with Gasteiger partial charge in [0.25, 0.3) is 0 Å². The number of fused-ring (bicyclic) bond motifs is 2. The molecule has 3 atom stereocenters. The van der Waals surface area contributed by atoms with Crippen molar-refractivity contribution in [3.63, 3.8) is 0 Å². The van der Waals surface area contributed by atoms with Crippen molar-refractivity contribution < 1.29 is 9.53 Å². The van der Waals surface area contributed by atoms with Crippen LogP contribution in [0.4, 0.5) is 5.69 Å². The average molecular weight is 371 g/mol. The Morgan fingerprint density at radius 1 is 1.30 bits per heavy atom. The molecule has 1 aliphatic carbocycles. The fourth-order valence-corrected chi connectivity index (χ4v) is 5.66. The zero-order valence-electron chi connectivity index (χ0n) is 17.1. The molecule has 2 heterocycles. The van der Waals surface area contributed by atoms with Crippen LogP contribution in [0.25, 0.3) is 0 Å². The minimum Gasteiger partial charge on any atom is -0.485 e. The minimum absolute atomic E-state index is 0.252. The molecule has 2 N–H and O–H groups in total. The quantitative estimate of drug-likeness (QED) is 0.620. The molecule has 2 aliphatic heterocycles. The number of nitrogens with zero attached hydrogens (tertiary/aromatic N) is 1.